The highest BCUT2D eigenvalue weighted by molar-refractivity contribution is 5.79. The summed E-state index contributed by atoms with van der Waals surface area (Å²) in [7, 11) is 1.83. The van der Waals surface area contributed by atoms with Crippen molar-refractivity contribution in [2.45, 2.75) is 45.1 Å². The lowest BCUT2D eigenvalue weighted by Gasteiger charge is -2.17. The minimum Gasteiger partial charge on any atom is -0.379 e. The Labute approximate surface area is 147 Å². The first-order valence-corrected chi connectivity index (χ1v) is 9.68. The molecule has 2 N–H and O–H groups in total. The number of ether oxygens (including phenoxy) is 2. The summed E-state index contributed by atoms with van der Waals surface area (Å²) < 4.78 is 11.2. The number of guanidine groups is 1. The van der Waals surface area contributed by atoms with Crippen molar-refractivity contribution in [2.24, 2.45) is 10.9 Å². The quantitative estimate of drug-likeness (QED) is 0.358. The van der Waals surface area contributed by atoms with E-state index in [0.29, 0.717) is 6.10 Å². The largest absolute Gasteiger partial charge is 0.379 e. The van der Waals surface area contributed by atoms with Gasteiger partial charge >= 0.3 is 0 Å². The predicted octanol–water partition coefficient (Wildman–Crippen LogP) is 1.47. The van der Waals surface area contributed by atoms with Crippen LogP contribution in [0.4, 0.5) is 0 Å². The van der Waals surface area contributed by atoms with Gasteiger partial charge in [0, 0.05) is 39.9 Å². The summed E-state index contributed by atoms with van der Waals surface area (Å²) in [6.45, 7) is 10.3. The normalized spacial score (nSPS) is 25.3. The van der Waals surface area contributed by atoms with Gasteiger partial charge in [-0.05, 0) is 51.1 Å². The van der Waals surface area contributed by atoms with E-state index < -0.39 is 0 Å². The molecule has 0 aliphatic carbocycles. The SMILES string of the molecule is CCCN1CCC(CNC(=NC)NCCCOCC2CCCO2)C1. The number of aliphatic imine (C=N–C) groups is 1. The molecule has 140 valence electrons. The number of nitrogens with one attached hydrogen (secondary N) is 2. The van der Waals surface area contributed by atoms with Gasteiger partial charge in [-0.25, -0.2) is 0 Å². The average Bonchev–Trinajstić information content (AvgIpc) is 3.26. The minimum atomic E-state index is 0.325. The summed E-state index contributed by atoms with van der Waals surface area (Å²) >= 11 is 0. The first kappa shape index (κ1) is 19.5. The lowest BCUT2D eigenvalue weighted by molar-refractivity contribution is 0.0168. The van der Waals surface area contributed by atoms with E-state index in [1.165, 1.54) is 38.9 Å². The Kier molecular flexibility index (Phi) is 9.46. The molecule has 6 heteroatoms. The average molecular weight is 341 g/mol. The Morgan fingerprint density at radius 1 is 1.33 bits per heavy atom. The van der Waals surface area contributed by atoms with Crippen LogP contribution in [-0.4, -0.2) is 76.6 Å². The molecular formula is C18H36N4O2. The number of hydrogen-bond acceptors (Lipinski definition) is 4. The third-order valence-electron chi connectivity index (χ3n) is 4.78. The zero-order chi connectivity index (χ0) is 17.0. The second kappa shape index (κ2) is 11.7. The second-order valence-electron chi connectivity index (χ2n) is 6.90. The Bertz CT molecular complexity index is 359. The first-order valence-electron chi connectivity index (χ1n) is 9.68. The molecule has 0 radical (unpaired) electrons. The molecule has 2 saturated heterocycles. The van der Waals surface area contributed by atoms with Gasteiger partial charge in [-0.1, -0.05) is 6.92 Å². The zero-order valence-corrected chi connectivity index (χ0v) is 15.6. The summed E-state index contributed by atoms with van der Waals surface area (Å²) in [5.41, 5.74) is 0. The van der Waals surface area contributed by atoms with Gasteiger partial charge in [0.2, 0.25) is 0 Å². The van der Waals surface area contributed by atoms with Crippen LogP contribution in [0.2, 0.25) is 0 Å². The lowest BCUT2D eigenvalue weighted by Crippen LogP contribution is -2.40. The van der Waals surface area contributed by atoms with Crippen molar-refractivity contribution in [3.63, 3.8) is 0 Å². The monoisotopic (exact) mass is 340 g/mol. The van der Waals surface area contributed by atoms with Crippen LogP contribution in [0, 0.1) is 5.92 Å². The summed E-state index contributed by atoms with van der Waals surface area (Å²) in [6.07, 6.45) is 6.17. The molecule has 0 spiro atoms. The number of nitrogens with zero attached hydrogens (tertiary/aromatic N) is 2. The van der Waals surface area contributed by atoms with Crippen LogP contribution < -0.4 is 10.6 Å². The molecule has 2 unspecified atom stereocenters. The highest BCUT2D eigenvalue weighted by Crippen LogP contribution is 2.15. The molecule has 6 nitrogen and oxygen atoms in total. The third kappa shape index (κ3) is 7.36. The van der Waals surface area contributed by atoms with E-state index in [1.54, 1.807) is 0 Å². The van der Waals surface area contributed by atoms with Gasteiger partial charge in [-0.3, -0.25) is 4.99 Å². The summed E-state index contributed by atoms with van der Waals surface area (Å²) in [5, 5.41) is 6.83. The standard InChI is InChI=1S/C18H36N4O2/c1-3-9-22-10-7-16(14-22)13-21-18(19-2)20-8-5-11-23-15-17-6-4-12-24-17/h16-17H,3-15H2,1-2H3,(H2,19,20,21). The molecule has 2 rings (SSSR count). The van der Waals surface area contributed by atoms with Gasteiger partial charge in [0.15, 0.2) is 5.96 Å². The molecule has 24 heavy (non-hydrogen) atoms. The van der Waals surface area contributed by atoms with E-state index in [4.69, 9.17) is 9.47 Å². The van der Waals surface area contributed by atoms with Gasteiger partial charge < -0.3 is 25.0 Å². The van der Waals surface area contributed by atoms with Gasteiger partial charge in [0.05, 0.1) is 12.7 Å². The third-order valence-corrected chi connectivity index (χ3v) is 4.78. The minimum absolute atomic E-state index is 0.325. The van der Waals surface area contributed by atoms with Crippen LogP contribution in [-0.2, 0) is 9.47 Å². The molecule has 2 aliphatic rings. The van der Waals surface area contributed by atoms with Crippen molar-refractivity contribution in [2.75, 3.05) is 59.6 Å². The van der Waals surface area contributed by atoms with Crippen molar-refractivity contribution in [1.29, 1.82) is 0 Å². The maximum absolute atomic E-state index is 5.68. The van der Waals surface area contributed by atoms with Gasteiger partial charge in [0.25, 0.3) is 0 Å². The van der Waals surface area contributed by atoms with E-state index in [-0.39, 0.29) is 0 Å². The molecule has 0 amide bonds. The molecule has 0 aromatic rings. The Morgan fingerprint density at radius 3 is 3.00 bits per heavy atom. The fourth-order valence-corrected chi connectivity index (χ4v) is 3.43. The highest BCUT2D eigenvalue weighted by atomic mass is 16.5. The molecular weight excluding hydrogens is 304 g/mol. The van der Waals surface area contributed by atoms with E-state index in [1.807, 2.05) is 7.05 Å². The number of rotatable bonds is 10. The molecule has 2 atom stereocenters. The van der Waals surface area contributed by atoms with E-state index in [9.17, 15) is 0 Å². The van der Waals surface area contributed by atoms with E-state index in [0.717, 1.165) is 57.6 Å². The van der Waals surface area contributed by atoms with Gasteiger partial charge in [0.1, 0.15) is 0 Å². The maximum atomic E-state index is 5.68. The molecule has 0 saturated carbocycles. The van der Waals surface area contributed by atoms with Crippen molar-refractivity contribution in [3.8, 4) is 0 Å². The van der Waals surface area contributed by atoms with Crippen molar-refractivity contribution >= 4 is 5.96 Å². The van der Waals surface area contributed by atoms with Crippen LogP contribution in [0.15, 0.2) is 4.99 Å². The number of likely N-dealkylation sites (tertiary alicyclic amines) is 1. The zero-order valence-electron chi connectivity index (χ0n) is 15.6. The van der Waals surface area contributed by atoms with E-state index >= 15 is 0 Å². The van der Waals surface area contributed by atoms with Crippen LogP contribution in [0.25, 0.3) is 0 Å². The predicted molar refractivity (Wildman–Crippen MR) is 98.6 cm³/mol. The van der Waals surface area contributed by atoms with Crippen molar-refractivity contribution < 1.29 is 9.47 Å². The molecule has 2 aliphatic heterocycles. The van der Waals surface area contributed by atoms with Crippen LogP contribution in [0.3, 0.4) is 0 Å². The Hall–Kier alpha value is -0.850. The smallest absolute Gasteiger partial charge is 0.190 e. The Balaban J connectivity index is 1.46. The first-order chi connectivity index (χ1) is 11.8. The van der Waals surface area contributed by atoms with Crippen molar-refractivity contribution in [3.05, 3.63) is 0 Å². The molecule has 0 aromatic heterocycles. The topological polar surface area (TPSA) is 58.1 Å². The lowest BCUT2D eigenvalue weighted by atomic mass is 10.1. The highest BCUT2D eigenvalue weighted by Gasteiger charge is 2.21. The molecule has 2 fully saturated rings. The maximum Gasteiger partial charge on any atom is 0.190 e. The van der Waals surface area contributed by atoms with Crippen LogP contribution in [0.5, 0.6) is 0 Å². The molecule has 2 heterocycles. The van der Waals surface area contributed by atoms with Gasteiger partial charge in [-0.15, -0.1) is 0 Å². The fourth-order valence-electron chi connectivity index (χ4n) is 3.43. The summed E-state index contributed by atoms with van der Waals surface area (Å²) in [6, 6.07) is 0. The molecule has 0 aromatic carbocycles. The number of hydrogen-bond donors (Lipinski definition) is 2. The summed E-state index contributed by atoms with van der Waals surface area (Å²) in [5.74, 6) is 1.65. The molecule has 0 bridgehead atoms. The van der Waals surface area contributed by atoms with E-state index in [2.05, 4.69) is 27.4 Å². The van der Waals surface area contributed by atoms with Gasteiger partial charge in [-0.2, -0.15) is 0 Å². The van der Waals surface area contributed by atoms with Crippen LogP contribution >= 0.6 is 0 Å². The summed E-state index contributed by atoms with van der Waals surface area (Å²) in [4.78, 5) is 6.87. The fraction of sp³-hybridized carbons (Fsp3) is 0.944. The van der Waals surface area contributed by atoms with Crippen LogP contribution in [0.1, 0.15) is 39.0 Å². The Morgan fingerprint density at radius 2 is 2.25 bits per heavy atom. The van der Waals surface area contributed by atoms with Crippen molar-refractivity contribution in [1.82, 2.24) is 15.5 Å². The second-order valence-corrected chi connectivity index (χ2v) is 6.90.